The highest BCUT2D eigenvalue weighted by atomic mass is 32.1. The molecule has 0 fully saturated rings. The fourth-order valence-corrected chi connectivity index (χ4v) is 4.67. The van der Waals surface area contributed by atoms with E-state index in [0.29, 0.717) is 16.1 Å². The summed E-state index contributed by atoms with van der Waals surface area (Å²) in [6.07, 6.45) is 1.70. The number of benzene rings is 2. The number of primary amides is 1. The van der Waals surface area contributed by atoms with Crippen LogP contribution in [-0.4, -0.2) is 23.8 Å². The first kappa shape index (κ1) is 19.0. The Hall–Kier alpha value is -3.38. The van der Waals surface area contributed by atoms with Gasteiger partial charge >= 0.3 is 0 Å². The standard InChI is InChI=1S/C23H21N3O2S/c1-14(15-8-4-3-5-9-15)20-12-17(21(24)27)23(29-20)26(2)22(28)18-13-25-19-11-7-6-10-16(18)19/h3-14,25H,1-2H3,(H2,24,27). The highest BCUT2D eigenvalue weighted by molar-refractivity contribution is 7.16. The summed E-state index contributed by atoms with van der Waals surface area (Å²) in [6.45, 7) is 2.08. The number of amides is 2. The van der Waals surface area contributed by atoms with Crippen molar-refractivity contribution in [3.8, 4) is 0 Å². The summed E-state index contributed by atoms with van der Waals surface area (Å²) in [5.41, 5.74) is 8.59. The van der Waals surface area contributed by atoms with Crippen LogP contribution in [0.1, 0.15) is 44.0 Å². The molecule has 2 aromatic carbocycles. The van der Waals surface area contributed by atoms with Gasteiger partial charge in [-0.15, -0.1) is 11.3 Å². The Balaban J connectivity index is 1.72. The van der Waals surface area contributed by atoms with Gasteiger partial charge in [0.25, 0.3) is 11.8 Å². The highest BCUT2D eigenvalue weighted by Gasteiger charge is 2.25. The number of H-pyrrole nitrogens is 1. The Morgan fingerprint density at radius 2 is 1.72 bits per heavy atom. The number of carbonyl (C=O) groups excluding carboxylic acids is 2. The quantitative estimate of drug-likeness (QED) is 0.504. The summed E-state index contributed by atoms with van der Waals surface area (Å²) in [4.78, 5) is 30.9. The lowest BCUT2D eigenvalue weighted by Crippen LogP contribution is -2.27. The second-order valence-corrected chi connectivity index (χ2v) is 8.04. The van der Waals surface area contributed by atoms with E-state index in [-0.39, 0.29) is 11.8 Å². The lowest BCUT2D eigenvalue weighted by Gasteiger charge is -2.16. The maximum atomic E-state index is 13.2. The summed E-state index contributed by atoms with van der Waals surface area (Å²) in [7, 11) is 1.68. The maximum Gasteiger partial charge on any atom is 0.260 e. The van der Waals surface area contributed by atoms with Gasteiger partial charge in [0.15, 0.2) is 0 Å². The van der Waals surface area contributed by atoms with E-state index in [1.165, 1.54) is 16.2 Å². The zero-order valence-electron chi connectivity index (χ0n) is 16.2. The van der Waals surface area contributed by atoms with E-state index >= 15 is 0 Å². The van der Waals surface area contributed by atoms with Gasteiger partial charge in [-0.05, 0) is 17.7 Å². The van der Waals surface area contributed by atoms with Gasteiger partial charge in [-0.25, -0.2) is 0 Å². The van der Waals surface area contributed by atoms with Crippen LogP contribution in [0.25, 0.3) is 10.9 Å². The lowest BCUT2D eigenvalue weighted by molar-refractivity contribution is 0.0995. The summed E-state index contributed by atoms with van der Waals surface area (Å²) < 4.78 is 0. The molecule has 0 saturated carbocycles. The average Bonchev–Trinajstić information content (AvgIpc) is 3.38. The Labute approximate surface area is 172 Å². The summed E-state index contributed by atoms with van der Waals surface area (Å²) in [5.74, 6) is -0.642. The van der Waals surface area contributed by atoms with Gasteiger partial charge < -0.3 is 15.6 Å². The topological polar surface area (TPSA) is 79.2 Å². The van der Waals surface area contributed by atoms with Crippen LogP contribution in [0.2, 0.25) is 0 Å². The van der Waals surface area contributed by atoms with E-state index in [9.17, 15) is 9.59 Å². The summed E-state index contributed by atoms with van der Waals surface area (Å²) in [5, 5.41) is 1.41. The molecule has 29 heavy (non-hydrogen) atoms. The number of hydrogen-bond acceptors (Lipinski definition) is 3. The van der Waals surface area contributed by atoms with E-state index in [1.54, 1.807) is 19.3 Å². The fraction of sp³-hybridized carbons (Fsp3) is 0.130. The number of anilines is 1. The molecule has 0 aliphatic carbocycles. The third-order valence-corrected chi connectivity index (χ3v) is 6.55. The van der Waals surface area contributed by atoms with Crippen molar-refractivity contribution in [3.63, 3.8) is 0 Å². The van der Waals surface area contributed by atoms with Crippen molar-refractivity contribution in [2.24, 2.45) is 5.73 Å². The van der Waals surface area contributed by atoms with Gasteiger partial charge in [0.05, 0.1) is 11.1 Å². The second-order valence-electron chi connectivity index (χ2n) is 6.98. The van der Waals surface area contributed by atoms with Crippen LogP contribution >= 0.6 is 11.3 Å². The molecule has 2 aromatic heterocycles. The van der Waals surface area contributed by atoms with Crippen molar-refractivity contribution in [3.05, 3.63) is 88.4 Å². The third kappa shape index (κ3) is 3.43. The fourth-order valence-electron chi connectivity index (χ4n) is 3.47. The van der Waals surface area contributed by atoms with Gasteiger partial charge in [-0.1, -0.05) is 55.5 Å². The summed E-state index contributed by atoms with van der Waals surface area (Å²) >= 11 is 1.42. The van der Waals surface area contributed by atoms with Crippen LogP contribution in [0.5, 0.6) is 0 Å². The van der Waals surface area contributed by atoms with Crippen molar-refractivity contribution < 1.29 is 9.59 Å². The minimum Gasteiger partial charge on any atom is -0.366 e. The normalized spacial score (nSPS) is 12.1. The molecule has 2 amide bonds. The van der Waals surface area contributed by atoms with E-state index < -0.39 is 5.91 Å². The number of fused-ring (bicyclic) bond motifs is 1. The molecule has 0 aliphatic heterocycles. The number of carbonyl (C=O) groups is 2. The first-order valence-corrected chi connectivity index (χ1v) is 10.1. The molecule has 4 aromatic rings. The number of nitrogens with one attached hydrogen (secondary N) is 1. The van der Waals surface area contributed by atoms with Crippen LogP contribution in [0.15, 0.2) is 66.9 Å². The van der Waals surface area contributed by atoms with Crippen LogP contribution in [0.3, 0.4) is 0 Å². The van der Waals surface area contributed by atoms with Crippen LogP contribution < -0.4 is 10.6 Å². The molecule has 0 radical (unpaired) electrons. The molecule has 0 aliphatic rings. The Bertz CT molecular complexity index is 1190. The highest BCUT2D eigenvalue weighted by Crippen LogP contribution is 2.38. The SMILES string of the molecule is CC(c1ccccc1)c1cc(C(N)=O)c(N(C)C(=O)c2c[nH]c3ccccc23)s1. The molecule has 1 atom stereocenters. The molecule has 1 unspecified atom stereocenters. The molecular weight excluding hydrogens is 382 g/mol. The average molecular weight is 404 g/mol. The third-order valence-electron chi connectivity index (χ3n) is 5.15. The first-order chi connectivity index (χ1) is 14.0. The molecule has 146 valence electrons. The predicted molar refractivity (Wildman–Crippen MR) is 118 cm³/mol. The van der Waals surface area contributed by atoms with Gasteiger partial charge in [-0.2, -0.15) is 0 Å². The van der Waals surface area contributed by atoms with Gasteiger partial charge in [-0.3, -0.25) is 9.59 Å². The molecule has 4 rings (SSSR count). The molecule has 3 N–H and O–H groups in total. The zero-order valence-corrected chi connectivity index (χ0v) is 17.0. The Kier molecular flexibility index (Phi) is 4.94. The number of thiophene rings is 1. The maximum absolute atomic E-state index is 13.2. The summed E-state index contributed by atoms with van der Waals surface area (Å²) in [6, 6.07) is 19.5. The van der Waals surface area contributed by atoms with Gasteiger partial charge in [0, 0.05) is 34.9 Å². The second kappa shape index (κ2) is 7.56. The molecule has 0 spiro atoms. The first-order valence-electron chi connectivity index (χ1n) is 9.30. The molecule has 5 nitrogen and oxygen atoms in total. The van der Waals surface area contributed by atoms with Gasteiger partial charge in [0.2, 0.25) is 0 Å². The number of nitrogens with two attached hydrogens (primary N) is 1. The van der Waals surface area contributed by atoms with E-state index in [4.69, 9.17) is 5.73 Å². The largest absolute Gasteiger partial charge is 0.366 e. The molecule has 2 heterocycles. The van der Waals surface area contributed by atoms with Crippen LogP contribution in [0.4, 0.5) is 5.00 Å². The predicted octanol–water partition coefficient (Wildman–Crippen LogP) is 4.76. The number of para-hydroxylation sites is 1. The van der Waals surface area contributed by atoms with Crippen molar-refractivity contribution in [2.75, 3.05) is 11.9 Å². The Morgan fingerprint density at radius 3 is 2.45 bits per heavy atom. The smallest absolute Gasteiger partial charge is 0.260 e. The molecule has 0 bridgehead atoms. The minimum absolute atomic E-state index is 0.0876. The molecular formula is C23H21N3O2S. The van der Waals surface area contributed by atoms with E-state index in [2.05, 4.69) is 24.0 Å². The minimum atomic E-state index is -0.540. The number of nitrogens with zero attached hydrogens (tertiary/aromatic N) is 1. The van der Waals surface area contributed by atoms with Crippen LogP contribution in [0, 0.1) is 0 Å². The number of hydrogen-bond donors (Lipinski definition) is 2. The number of rotatable bonds is 5. The number of aromatic nitrogens is 1. The molecule has 6 heteroatoms. The van der Waals surface area contributed by atoms with Crippen molar-refractivity contribution in [2.45, 2.75) is 12.8 Å². The zero-order chi connectivity index (χ0) is 20.5. The van der Waals surface area contributed by atoms with Crippen molar-refractivity contribution >= 4 is 39.1 Å². The van der Waals surface area contributed by atoms with Crippen molar-refractivity contribution in [1.82, 2.24) is 4.98 Å². The number of aromatic amines is 1. The van der Waals surface area contributed by atoms with E-state index in [1.807, 2.05) is 42.5 Å². The molecule has 0 saturated heterocycles. The Morgan fingerprint density at radius 1 is 1.03 bits per heavy atom. The van der Waals surface area contributed by atoms with E-state index in [0.717, 1.165) is 21.3 Å². The van der Waals surface area contributed by atoms with Gasteiger partial charge in [0.1, 0.15) is 5.00 Å². The monoisotopic (exact) mass is 403 g/mol. The van der Waals surface area contributed by atoms with Crippen molar-refractivity contribution in [1.29, 1.82) is 0 Å². The lowest BCUT2D eigenvalue weighted by atomic mass is 9.99. The van der Waals surface area contributed by atoms with Crippen LogP contribution in [-0.2, 0) is 0 Å².